The predicted molar refractivity (Wildman–Crippen MR) is 82.1 cm³/mol. The second kappa shape index (κ2) is 6.43. The molecule has 0 atom stereocenters. The highest BCUT2D eigenvalue weighted by atomic mass is 35.5. The lowest BCUT2D eigenvalue weighted by atomic mass is 10.3. The lowest BCUT2D eigenvalue weighted by molar-refractivity contribution is 0.417. The van der Waals surface area contributed by atoms with E-state index in [0.717, 1.165) is 11.5 Å². The number of rotatable bonds is 5. The molecule has 0 aliphatic rings. The Balaban J connectivity index is 2.23. The van der Waals surface area contributed by atoms with Crippen molar-refractivity contribution in [2.24, 2.45) is 0 Å². The van der Waals surface area contributed by atoms with Gasteiger partial charge in [-0.1, -0.05) is 11.6 Å². The zero-order chi connectivity index (χ0) is 14.5. The van der Waals surface area contributed by atoms with Crippen molar-refractivity contribution in [2.45, 2.75) is 19.9 Å². The van der Waals surface area contributed by atoms with Crippen molar-refractivity contribution < 1.29 is 4.74 Å². The van der Waals surface area contributed by atoms with Gasteiger partial charge in [0.25, 0.3) is 0 Å². The lowest BCUT2D eigenvalue weighted by Gasteiger charge is -2.13. The van der Waals surface area contributed by atoms with E-state index in [1.807, 2.05) is 6.07 Å². The normalized spacial score (nSPS) is 10.4. The molecule has 20 heavy (non-hydrogen) atoms. The van der Waals surface area contributed by atoms with Crippen LogP contribution in [-0.2, 0) is 0 Å². The largest absolute Gasteiger partial charge is 0.495 e. The molecule has 2 rings (SSSR count). The molecule has 0 aliphatic carbocycles. The first-order chi connectivity index (χ1) is 9.58. The number of ether oxygens (including phenoxy) is 1. The molecule has 1 heterocycles. The predicted octanol–water partition coefficient (Wildman–Crippen LogP) is 3.70. The Morgan fingerprint density at radius 3 is 2.60 bits per heavy atom. The van der Waals surface area contributed by atoms with E-state index in [1.54, 1.807) is 25.3 Å². The minimum Gasteiger partial charge on any atom is -0.495 e. The van der Waals surface area contributed by atoms with Gasteiger partial charge in [0.05, 0.1) is 12.8 Å². The number of anilines is 3. The first-order valence-corrected chi connectivity index (χ1v) is 6.65. The van der Waals surface area contributed by atoms with Crippen LogP contribution in [0, 0.1) is 0 Å². The van der Waals surface area contributed by atoms with E-state index in [0.29, 0.717) is 22.6 Å². The van der Waals surface area contributed by atoms with Gasteiger partial charge in [-0.2, -0.15) is 0 Å². The summed E-state index contributed by atoms with van der Waals surface area (Å²) in [6.45, 7) is 4.10. The second-order valence-electron chi connectivity index (χ2n) is 4.56. The molecule has 5 nitrogen and oxygen atoms in total. The van der Waals surface area contributed by atoms with Crippen molar-refractivity contribution in [3.8, 4) is 5.75 Å². The third-order valence-corrected chi connectivity index (χ3v) is 2.76. The lowest BCUT2D eigenvalue weighted by Crippen LogP contribution is -2.11. The van der Waals surface area contributed by atoms with Crippen molar-refractivity contribution in [3.05, 3.63) is 35.6 Å². The van der Waals surface area contributed by atoms with Gasteiger partial charge >= 0.3 is 0 Å². The van der Waals surface area contributed by atoms with E-state index in [2.05, 4.69) is 34.4 Å². The zero-order valence-corrected chi connectivity index (χ0v) is 12.4. The maximum Gasteiger partial charge on any atom is 0.142 e. The van der Waals surface area contributed by atoms with E-state index >= 15 is 0 Å². The smallest absolute Gasteiger partial charge is 0.142 e. The SMILES string of the molecule is COc1ccc(Cl)cc1Nc1cc(NC(C)C)ncn1. The Morgan fingerprint density at radius 1 is 1.15 bits per heavy atom. The van der Waals surface area contributed by atoms with Crippen LogP contribution in [0.2, 0.25) is 5.02 Å². The van der Waals surface area contributed by atoms with Crippen LogP contribution in [0.15, 0.2) is 30.6 Å². The minimum absolute atomic E-state index is 0.304. The Hall–Kier alpha value is -2.01. The molecule has 0 unspecified atom stereocenters. The summed E-state index contributed by atoms with van der Waals surface area (Å²) in [6, 6.07) is 7.51. The highest BCUT2D eigenvalue weighted by Gasteiger charge is 2.06. The number of halogens is 1. The monoisotopic (exact) mass is 292 g/mol. The third kappa shape index (κ3) is 3.74. The van der Waals surface area contributed by atoms with Gasteiger partial charge < -0.3 is 15.4 Å². The van der Waals surface area contributed by atoms with Crippen LogP contribution >= 0.6 is 11.6 Å². The van der Waals surface area contributed by atoms with E-state index < -0.39 is 0 Å². The molecular formula is C14H17ClN4O. The van der Waals surface area contributed by atoms with E-state index in [9.17, 15) is 0 Å². The molecule has 0 spiro atoms. The molecular weight excluding hydrogens is 276 g/mol. The van der Waals surface area contributed by atoms with Gasteiger partial charge in [-0.05, 0) is 32.0 Å². The maximum atomic E-state index is 6.00. The van der Waals surface area contributed by atoms with E-state index in [-0.39, 0.29) is 0 Å². The third-order valence-electron chi connectivity index (χ3n) is 2.53. The zero-order valence-electron chi connectivity index (χ0n) is 11.6. The summed E-state index contributed by atoms with van der Waals surface area (Å²) in [7, 11) is 1.61. The van der Waals surface area contributed by atoms with Gasteiger partial charge in [-0.3, -0.25) is 0 Å². The number of benzene rings is 1. The highest BCUT2D eigenvalue weighted by Crippen LogP contribution is 2.30. The molecule has 0 amide bonds. The van der Waals surface area contributed by atoms with Gasteiger partial charge in [-0.25, -0.2) is 9.97 Å². The fraction of sp³-hybridized carbons (Fsp3) is 0.286. The molecule has 106 valence electrons. The molecule has 0 aliphatic heterocycles. The molecule has 6 heteroatoms. The Bertz CT molecular complexity index is 589. The molecule has 0 bridgehead atoms. The average Bonchev–Trinajstić information content (AvgIpc) is 2.38. The van der Waals surface area contributed by atoms with Crippen molar-refractivity contribution in [1.29, 1.82) is 0 Å². The first kappa shape index (κ1) is 14.4. The molecule has 2 aromatic rings. The molecule has 2 N–H and O–H groups in total. The molecule has 1 aromatic carbocycles. The molecule has 1 aromatic heterocycles. The summed E-state index contributed by atoms with van der Waals surface area (Å²) in [4.78, 5) is 8.35. The highest BCUT2D eigenvalue weighted by molar-refractivity contribution is 6.31. The van der Waals surface area contributed by atoms with Gasteiger partial charge in [0.15, 0.2) is 0 Å². The number of hydrogen-bond acceptors (Lipinski definition) is 5. The number of aromatic nitrogens is 2. The summed E-state index contributed by atoms with van der Waals surface area (Å²) in [6.07, 6.45) is 1.50. The van der Waals surface area contributed by atoms with Crippen molar-refractivity contribution >= 4 is 28.9 Å². The van der Waals surface area contributed by atoms with Crippen LogP contribution in [-0.4, -0.2) is 23.1 Å². The average molecular weight is 293 g/mol. The Morgan fingerprint density at radius 2 is 1.90 bits per heavy atom. The molecule has 0 saturated heterocycles. The van der Waals surface area contributed by atoms with E-state index in [1.165, 1.54) is 6.33 Å². The van der Waals surface area contributed by atoms with E-state index in [4.69, 9.17) is 16.3 Å². The summed E-state index contributed by atoms with van der Waals surface area (Å²) in [5, 5.41) is 7.03. The summed E-state index contributed by atoms with van der Waals surface area (Å²) >= 11 is 6.00. The minimum atomic E-state index is 0.304. The Kier molecular flexibility index (Phi) is 4.63. The summed E-state index contributed by atoms with van der Waals surface area (Å²) < 4.78 is 5.29. The summed E-state index contributed by atoms with van der Waals surface area (Å²) in [5.74, 6) is 2.13. The van der Waals surface area contributed by atoms with Crippen molar-refractivity contribution in [1.82, 2.24) is 9.97 Å². The van der Waals surface area contributed by atoms with Crippen molar-refractivity contribution in [3.63, 3.8) is 0 Å². The Labute approximate surface area is 123 Å². The van der Waals surface area contributed by atoms with Crippen LogP contribution in [0.4, 0.5) is 17.3 Å². The molecule has 0 radical (unpaired) electrons. The first-order valence-electron chi connectivity index (χ1n) is 6.27. The summed E-state index contributed by atoms with van der Waals surface area (Å²) in [5.41, 5.74) is 0.759. The second-order valence-corrected chi connectivity index (χ2v) is 4.99. The number of methoxy groups -OCH3 is 1. The number of hydrogen-bond donors (Lipinski definition) is 2. The standard InChI is InChI=1S/C14H17ClN4O/c1-9(2)18-13-7-14(17-8-16-13)19-11-6-10(15)4-5-12(11)20-3/h4-9H,1-3H3,(H2,16,17,18,19). The van der Waals surface area contributed by atoms with Gasteiger partial charge in [0, 0.05) is 17.1 Å². The van der Waals surface area contributed by atoms with Crippen LogP contribution in [0.1, 0.15) is 13.8 Å². The molecule has 0 fully saturated rings. The van der Waals surface area contributed by atoms with Gasteiger partial charge in [0.2, 0.25) is 0 Å². The van der Waals surface area contributed by atoms with Crippen LogP contribution in [0.3, 0.4) is 0 Å². The van der Waals surface area contributed by atoms with Crippen LogP contribution in [0.25, 0.3) is 0 Å². The van der Waals surface area contributed by atoms with Crippen LogP contribution < -0.4 is 15.4 Å². The quantitative estimate of drug-likeness (QED) is 0.880. The fourth-order valence-electron chi connectivity index (χ4n) is 1.72. The van der Waals surface area contributed by atoms with Crippen molar-refractivity contribution in [2.75, 3.05) is 17.7 Å². The van der Waals surface area contributed by atoms with Gasteiger partial charge in [-0.15, -0.1) is 0 Å². The number of nitrogens with zero attached hydrogens (tertiary/aromatic N) is 2. The van der Waals surface area contributed by atoms with Gasteiger partial charge in [0.1, 0.15) is 23.7 Å². The molecule has 0 saturated carbocycles. The topological polar surface area (TPSA) is 59.1 Å². The van der Waals surface area contributed by atoms with Crippen LogP contribution in [0.5, 0.6) is 5.75 Å². The number of nitrogens with one attached hydrogen (secondary N) is 2. The fourth-order valence-corrected chi connectivity index (χ4v) is 1.89. The maximum absolute atomic E-state index is 6.00.